The Morgan fingerprint density at radius 1 is 1.47 bits per heavy atom. The van der Waals surface area contributed by atoms with Gasteiger partial charge in [0.1, 0.15) is 11.4 Å². The van der Waals surface area contributed by atoms with E-state index in [2.05, 4.69) is 10.3 Å². The number of rotatable bonds is 5. The first kappa shape index (κ1) is 13.6. The van der Waals surface area contributed by atoms with Crippen LogP contribution in [0.25, 0.3) is 0 Å². The van der Waals surface area contributed by atoms with Crippen LogP contribution in [0.5, 0.6) is 0 Å². The van der Waals surface area contributed by atoms with Crippen LogP contribution in [0.1, 0.15) is 34.2 Å². The molecule has 0 radical (unpaired) electrons. The van der Waals surface area contributed by atoms with Crippen molar-refractivity contribution in [3.05, 3.63) is 15.6 Å². The molecule has 5 nitrogen and oxygen atoms in total. The van der Waals surface area contributed by atoms with E-state index in [9.17, 15) is 9.59 Å². The maximum absolute atomic E-state index is 11.8. The summed E-state index contributed by atoms with van der Waals surface area (Å²) in [5, 5.41) is 11.7. The van der Waals surface area contributed by atoms with Crippen molar-refractivity contribution in [3.63, 3.8) is 0 Å². The normalized spacial score (nSPS) is 10.6. The van der Waals surface area contributed by atoms with Gasteiger partial charge in [0.05, 0.1) is 10.7 Å². The molecule has 17 heavy (non-hydrogen) atoms. The maximum atomic E-state index is 11.8. The van der Waals surface area contributed by atoms with Gasteiger partial charge in [0.2, 0.25) is 0 Å². The number of aryl methyl sites for hydroxylation is 1. The summed E-state index contributed by atoms with van der Waals surface area (Å²) in [7, 11) is 0. The maximum Gasteiger partial charge on any atom is 0.322 e. The van der Waals surface area contributed by atoms with Crippen LogP contribution in [0.4, 0.5) is 0 Å². The standard InChI is InChI=1S/C11H16N2O3S/c1-6(2)4-8-10(17-7(3)13-8)11(16)12-5-9(14)15/h6H,4-5H2,1-3H3,(H,12,16)(H,14,15). The highest BCUT2D eigenvalue weighted by Gasteiger charge is 2.17. The monoisotopic (exact) mass is 256 g/mol. The van der Waals surface area contributed by atoms with Gasteiger partial charge in [0.25, 0.3) is 5.91 Å². The molecule has 0 aliphatic carbocycles. The number of carbonyl (C=O) groups excluding carboxylic acids is 1. The first-order valence-electron chi connectivity index (χ1n) is 5.36. The molecule has 0 saturated heterocycles. The van der Waals surface area contributed by atoms with Crippen LogP contribution in [0.2, 0.25) is 0 Å². The number of carboxylic acid groups (broad SMARTS) is 1. The Hall–Kier alpha value is -1.43. The molecule has 0 aliphatic heterocycles. The highest BCUT2D eigenvalue weighted by atomic mass is 32.1. The Balaban J connectivity index is 2.81. The van der Waals surface area contributed by atoms with Crippen molar-refractivity contribution in [2.45, 2.75) is 27.2 Å². The molecule has 6 heteroatoms. The molecule has 0 fully saturated rings. The van der Waals surface area contributed by atoms with E-state index in [1.807, 2.05) is 20.8 Å². The van der Waals surface area contributed by atoms with Crippen LogP contribution < -0.4 is 5.32 Å². The third-order valence-corrected chi connectivity index (χ3v) is 3.02. The zero-order valence-corrected chi connectivity index (χ0v) is 10.9. The van der Waals surface area contributed by atoms with E-state index in [-0.39, 0.29) is 12.5 Å². The third kappa shape index (κ3) is 4.14. The minimum atomic E-state index is -1.05. The summed E-state index contributed by atoms with van der Waals surface area (Å²) >= 11 is 1.30. The molecule has 94 valence electrons. The summed E-state index contributed by atoms with van der Waals surface area (Å²) in [6.07, 6.45) is 0.722. The highest BCUT2D eigenvalue weighted by molar-refractivity contribution is 7.13. The van der Waals surface area contributed by atoms with Crippen LogP contribution in [0, 0.1) is 12.8 Å². The number of hydrogen-bond donors (Lipinski definition) is 2. The van der Waals surface area contributed by atoms with Gasteiger partial charge >= 0.3 is 5.97 Å². The number of amides is 1. The van der Waals surface area contributed by atoms with Gasteiger partial charge in [-0.3, -0.25) is 9.59 Å². The molecular weight excluding hydrogens is 240 g/mol. The van der Waals surface area contributed by atoms with E-state index in [4.69, 9.17) is 5.11 Å². The molecule has 1 heterocycles. The minimum Gasteiger partial charge on any atom is -0.480 e. The number of thiazole rings is 1. The van der Waals surface area contributed by atoms with Crippen LogP contribution >= 0.6 is 11.3 Å². The fourth-order valence-corrected chi connectivity index (χ4v) is 2.27. The summed E-state index contributed by atoms with van der Waals surface area (Å²) in [6, 6.07) is 0. The zero-order valence-electron chi connectivity index (χ0n) is 10.1. The van der Waals surface area contributed by atoms with Crippen LogP contribution in [0.15, 0.2) is 0 Å². The zero-order chi connectivity index (χ0) is 13.0. The second-order valence-corrected chi connectivity index (χ2v) is 5.39. The van der Waals surface area contributed by atoms with Crippen molar-refractivity contribution in [1.29, 1.82) is 0 Å². The number of hydrogen-bond acceptors (Lipinski definition) is 4. The number of nitrogens with zero attached hydrogens (tertiary/aromatic N) is 1. The predicted molar refractivity (Wildman–Crippen MR) is 65.4 cm³/mol. The predicted octanol–water partition coefficient (Wildman–Crippen LogP) is 1.46. The lowest BCUT2D eigenvalue weighted by atomic mass is 10.1. The Bertz CT molecular complexity index is 426. The molecule has 1 aromatic rings. The van der Waals surface area contributed by atoms with Crippen molar-refractivity contribution in [1.82, 2.24) is 10.3 Å². The number of aliphatic carboxylic acids is 1. The molecule has 0 saturated carbocycles. The largest absolute Gasteiger partial charge is 0.480 e. The van der Waals surface area contributed by atoms with Crippen LogP contribution in [0.3, 0.4) is 0 Å². The van der Waals surface area contributed by atoms with E-state index < -0.39 is 5.97 Å². The van der Waals surface area contributed by atoms with Gasteiger partial charge in [-0.15, -0.1) is 11.3 Å². The highest BCUT2D eigenvalue weighted by Crippen LogP contribution is 2.20. The van der Waals surface area contributed by atoms with Gasteiger partial charge in [-0.2, -0.15) is 0 Å². The lowest BCUT2D eigenvalue weighted by molar-refractivity contribution is -0.135. The molecule has 0 aromatic carbocycles. The summed E-state index contributed by atoms with van der Waals surface area (Å²) in [5.41, 5.74) is 0.755. The molecule has 2 N–H and O–H groups in total. The second kappa shape index (κ2) is 5.77. The van der Waals surface area contributed by atoms with E-state index in [0.29, 0.717) is 10.8 Å². The first-order chi connectivity index (χ1) is 7.90. The van der Waals surface area contributed by atoms with Crippen molar-refractivity contribution in [2.75, 3.05) is 6.54 Å². The van der Waals surface area contributed by atoms with E-state index in [0.717, 1.165) is 17.1 Å². The van der Waals surface area contributed by atoms with E-state index >= 15 is 0 Å². The molecule has 1 amide bonds. The van der Waals surface area contributed by atoms with Gasteiger partial charge < -0.3 is 10.4 Å². The lowest BCUT2D eigenvalue weighted by Gasteiger charge is -2.04. The van der Waals surface area contributed by atoms with Crippen molar-refractivity contribution in [3.8, 4) is 0 Å². The summed E-state index contributed by atoms with van der Waals surface area (Å²) in [6.45, 7) is 5.57. The number of aromatic nitrogens is 1. The summed E-state index contributed by atoms with van der Waals surface area (Å²) in [5.74, 6) is -0.999. The SMILES string of the molecule is Cc1nc(CC(C)C)c(C(=O)NCC(=O)O)s1. The van der Waals surface area contributed by atoms with E-state index in [1.165, 1.54) is 11.3 Å². The van der Waals surface area contributed by atoms with Crippen molar-refractivity contribution < 1.29 is 14.7 Å². The molecule has 0 unspecified atom stereocenters. The molecule has 0 aliphatic rings. The number of carbonyl (C=O) groups is 2. The summed E-state index contributed by atoms with van der Waals surface area (Å²) in [4.78, 5) is 27.0. The Morgan fingerprint density at radius 3 is 2.65 bits per heavy atom. The minimum absolute atomic E-state index is 0.353. The third-order valence-electron chi connectivity index (χ3n) is 2.01. The fourth-order valence-electron chi connectivity index (χ4n) is 1.41. The van der Waals surface area contributed by atoms with Gasteiger partial charge in [-0.05, 0) is 19.3 Å². The lowest BCUT2D eigenvalue weighted by Crippen LogP contribution is -2.29. The molecule has 0 bridgehead atoms. The Morgan fingerprint density at radius 2 is 2.12 bits per heavy atom. The fraction of sp³-hybridized carbons (Fsp3) is 0.545. The van der Waals surface area contributed by atoms with Crippen molar-refractivity contribution in [2.24, 2.45) is 5.92 Å². The number of carboxylic acids is 1. The molecule has 0 spiro atoms. The van der Waals surface area contributed by atoms with Gasteiger partial charge in [-0.1, -0.05) is 13.8 Å². The second-order valence-electron chi connectivity index (χ2n) is 4.18. The topological polar surface area (TPSA) is 79.3 Å². The average molecular weight is 256 g/mol. The molecule has 0 atom stereocenters. The molecule has 1 rings (SSSR count). The smallest absolute Gasteiger partial charge is 0.322 e. The van der Waals surface area contributed by atoms with Crippen molar-refractivity contribution >= 4 is 23.2 Å². The quantitative estimate of drug-likeness (QED) is 0.836. The molecule has 1 aromatic heterocycles. The van der Waals surface area contributed by atoms with Crippen LogP contribution in [-0.2, 0) is 11.2 Å². The summed E-state index contributed by atoms with van der Waals surface area (Å²) < 4.78 is 0. The number of nitrogens with one attached hydrogen (secondary N) is 1. The first-order valence-corrected chi connectivity index (χ1v) is 6.18. The van der Waals surface area contributed by atoms with Gasteiger partial charge in [0.15, 0.2) is 0 Å². The molecular formula is C11H16N2O3S. The Labute approximate surface area is 104 Å². The average Bonchev–Trinajstić information content (AvgIpc) is 2.54. The van der Waals surface area contributed by atoms with Gasteiger partial charge in [0, 0.05) is 0 Å². The van der Waals surface area contributed by atoms with Crippen LogP contribution in [-0.4, -0.2) is 28.5 Å². The Kier molecular flexibility index (Phi) is 4.62. The van der Waals surface area contributed by atoms with Gasteiger partial charge in [-0.25, -0.2) is 4.98 Å². The van der Waals surface area contributed by atoms with E-state index in [1.54, 1.807) is 0 Å².